The van der Waals surface area contributed by atoms with Crippen LogP contribution in [0.25, 0.3) is 0 Å². The maximum atomic E-state index is 5.40. The second-order valence-electron chi connectivity index (χ2n) is 5.56. The lowest BCUT2D eigenvalue weighted by Gasteiger charge is -2.24. The van der Waals surface area contributed by atoms with Crippen LogP contribution in [0.3, 0.4) is 0 Å². The molecule has 0 radical (unpaired) electrons. The number of nitrogens with zero attached hydrogens (tertiary/aromatic N) is 1. The van der Waals surface area contributed by atoms with Crippen molar-refractivity contribution in [1.29, 1.82) is 0 Å². The summed E-state index contributed by atoms with van der Waals surface area (Å²) in [7, 11) is 3.49. The van der Waals surface area contributed by atoms with E-state index in [0.29, 0.717) is 6.54 Å². The number of methoxy groups -OCH3 is 1. The largest absolute Gasteiger partial charge is 0.377 e. The van der Waals surface area contributed by atoms with Crippen LogP contribution >= 0.6 is 11.8 Å². The monoisotopic (exact) mass is 309 g/mol. The SMILES string of the molecule is CN=C(NCc1ccc(C)cc1SC)NCC(C)(C)OC. The third kappa shape index (κ3) is 5.98. The number of thioether (sulfide) groups is 1. The van der Waals surface area contributed by atoms with E-state index in [9.17, 15) is 0 Å². The van der Waals surface area contributed by atoms with Crippen LogP contribution in [0.1, 0.15) is 25.0 Å². The first-order chi connectivity index (χ1) is 9.91. The normalized spacial score (nSPS) is 12.4. The highest BCUT2D eigenvalue weighted by Gasteiger charge is 2.16. The Kier molecular flexibility index (Phi) is 7.05. The summed E-state index contributed by atoms with van der Waals surface area (Å²) in [6.45, 7) is 7.65. The number of benzene rings is 1. The summed E-state index contributed by atoms with van der Waals surface area (Å²) in [4.78, 5) is 5.55. The van der Waals surface area contributed by atoms with Gasteiger partial charge in [-0.15, -0.1) is 11.8 Å². The third-order valence-electron chi connectivity index (χ3n) is 3.35. The number of hydrogen-bond donors (Lipinski definition) is 2. The summed E-state index contributed by atoms with van der Waals surface area (Å²) in [5.41, 5.74) is 2.35. The van der Waals surface area contributed by atoms with Crippen molar-refractivity contribution in [2.45, 2.75) is 37.8 Å². The van der Waals surface area contributed by atoms with E-state index in [1.165, 1.54) is 16.0 Å². The second kappa shape index (κ2) is 8.29. The van der Waals surface area contributed by atoms with Crippen LogP contribution in [0.2, 0.25) is 0 Å². The van der Waals surface area contributed by atoms with E-state index in [0.717, 1.165) is 12.5 Å². The minimum Gasteiger partial charge on any atom is -0.377 e. The first-order valence-corrected chi connectivity index (χ1v) is 8.27. The van der Waals surface area contributed by atoms with Gasteiger partial charge in [0.05, 0.1) is 5.60 Å². The third-order valence-corrected chi connectivity index (χ3v) is 4.17. The minimum absolute atomic E-state index is 0.216. The van der Waals surface area contributed by atoms with Crippen LogP contribution in [0.4, 0.5) is 0 Å². The fourth-order valence-electron chi connectivity index (χ4n) is 1.77. The van der Waals surface area contributed by atoms with E-state index in [-0.39, 0.29) is 5.60 Å². The molecule has 0 spiro atoms. The number of guanidine groups is 1. The molecule has 0 aliphatic rings. The Morgan fingerprint density at radius 3 is 2.62 bits per heavy atom. The molecule has 0 heterocycles. The Bertz CT molecular complexity index is 486. The van der Waals surface area contributed by atoms with Crippen LogP contribution < -0.4 is 10.6 Å². The Morgan fingerprint density at radius 2 is 2.05 bits per heavy atom. The Hall–Kier alpha value is -1.20. The molecule has 4 nitrogen and oxygen atoms in total. The fraction of sp³-hybridized carbons (Fsp3) is 0.562. The topological polar surface area (TPSA) is 45.7 Å². The van der Waals surface area contributed by atoms with Crippen molar-refractivity contribution >= 4 is 17.7 Å². The van der Waals surface area contributed by atoms with Gasteiger partial charge in [0.2, 0.25) is 0 Å². The van der Waals surface area contributed by atoms with Gasteiger partial charge in [-0.25, -0.2) is 0 Å². The molecule has 0 fully saturated rings. The van der Waals surface area contributed by atoms with E-state index < -0.39 is 0 Å². The lowest BCUT2D eigenvalue weighted by molar-refractivity contribution is 0.0268. The second-order valence-corrected chi connectivity index (χ2v) is 6.41. The first kappa shape index (κ1) is 17.9. The molecule has 0 aliphatic carbocycles. The van der Waals surface area contributed by atoms with Gasteiger partial charge in [0.15, 0.2) is 5.96 Å². The van der Waals surface area contributed by atoms with E-state index in [4.69, 9.17) is 4.74 Å². The molecular formula is C16H27N3OS. The quantitative estimate of drug-likeness (QED) is 0.482. The molecule has 0 amide bonds. The van der Waals surface area contributed by atoms with Crippen molar-refractivity contribution in [3.05, 3.63) is 29.3 Å². The highest BCUT2D eigenvalue weighted by Crippen LogP contribution is 2.21. The number of ether oxygens (including phenoxy) is 1. The molecule has 0 saturated carbocycles. The van der Waals surface area contributed by atoms with Crippen LogP contribution in [0.5, 0.6) is 0 Å². The van der Waals surface area contributed by atoms with Gasteiger partial charge in [0.25, 0.3) is 0 Å². The average Bonchev–Trinajstić information content (AvgIpc) is 2.48. The van der Waals surface area contributed by atoms with Crippen LogP contribution in [-0.4, -0.2) is 38.5 Å². The van der Waals surface area contributed by atoms with Gasteiger partial charge >= 0.3 is 0 Å². The maximum Gasteiger partial charge on any atom is 0.191 e. The zero-order chi connectivity index (χ0) is 15.9. The highest BCUT2D eigenvalue weighted by atomic mass is 32.2. The molecule has 0 unspecified atom stereocenters. The molecule has 0 aliphatic heterocycles. The molecule has 0 aromatic heterocycles. The van der Waals surface area contributed by atoms with Gasteiger partial charge < -0.3 is 15.4 Å². The summed E-state index contributed by atoms with van der Waals surface area (Å²) in [5, 5.41) is 6.63. The van der Waals surface area contributed by atoms with Crippen LogP contribution in [-0.2, 0) is 11.3 Å². The smallest absolute Gasteiger partial charge is 0.191 e. The molecular weight excluding hydrogens is 282 g/mol. The number of aryl methyl sites for hydroxylation is 1. The average molecular weight is 309 g/mol. The Labute approximate surface area is 132 Å². The molecule has 1 rings (SSSR count). The van der Waals surface area contributed by atoms with Crippen molar-refractivity contribution in [1.82, 2.24) is 10.6 Å². The number of hydrogen-bond acceptors (Lipinski definition) is 3. The summed E-state index contributed by atoms with van der Waals surface area (Å²) < 4.78 is 5.40. The summed E-state index contributed by atoms with van der Waals surface area (Å²) in [5.74, 6) is 0.785. The highest BCUT2D eigenvalue weighted by molar-refractivity contribution is 7.98. The van der Waals surface area contributed by atoms with Crippen molar-refractivity contribution in [3.8, 4) is 0 Å². The van der Waals surface area contributed by atoms with Gasteiger partial charge in [0.1, 0.15) is 0 Å². The first-order valence-electron chi connectivity index (χ1n) is 7.05. The Balaban J connectivity index is 2.60. The summed E-state index contributed by atoms with van der Waals surface area (Å²) in [6, 6.07) is 6.52. The van der Waals surface area contributed by atoms with E-state index in [1.807, 2.05) is 13.8 Å². The Morgan fingerprint density at radius 1 is 1.33 bits per heavy atom. The van der Waals surface area contributed by atoms with Crippen molar-refractivity contribution < 1.29 is 4.74 Å². The predicted molar refractivity (Wildman–Crippen MR) is 92.2 cm³/mol. The molecule has 2 N–H and O–H groups in total. The van der Waals surface area contributed by atoms with E-state index >= 15 is 0 Å². The summed E-state index contributed by atoms with van der Waals surface area (Å²) >= 11 is 1.77. The van der Waals surface area contributed by atoms with Gasteiger partial charge in [0, 0.05) is 32.1 Å². The lowest BCUT2D eigenvalue weighted by Crippen LogP contribution is -2.45. The van der Waals surface area contributed by atoms with E-state index in [1.54, 1.807) is 25.9 Å². The summed E-state index contributed by atoms with van der Waals surface area (Å²) in [6.07, 6.45) is 2.10. The molecule has 118 valence electrons. The molecule has 5 heteroatoms. The van der Waals surface area contributed by atoms with Crippen LogP contribution in [0, 0.1) is 6.92 Å². The lowest BCUT2D eigenvalue weighted by atomic mass is 10.1. The van der Waals surface area contributed by atoms with Crippen LogP contribution in [0.15, 0.2) is 28.1 Å². The standard InChI is InChI=1S/C16H27N3OS/c1-12-7-8-13(14(9-12)21-6)10-18-15(17-4)19-11-16(2,3)20-5/h7-9H,10-11H2,1-6H3,(H2,17,18,19). The molecule has 0 atom stereocenters. The molecule has 1 aromatic rings. The van der Waals surface area contributed by atoms with Crippen molar-refractivity contribution in [2.24, 2.45) is 4.99 Å². The minimum atomic E-state index is -0.216. The number of nitrogens with one attached hydrogen (secondary N) is 2. The van der Waals surface area contributed by atoms with Crippen molar-refractivity contribution in [3.63, 3.8) is 0 Å². The van der Waals surface area contributed by atoms with Gasteiger partial charge in [-0.05, 0) is 44.2 Å². The fourth-order valence-corrected chi connectivity index (χ4v) is 2.47. The van der Waals surface area contributed by atoms with Crippen molar-refractivity contribution in [2.75, 3.05) is 27.0 Å². The predicted octanol–water partition coefficient (Wildman–Crippen LogP) is 2.81. The van der Waals surface area contributed by atoms with Gasteiger partial charge in [-0.2, -0.15) is 0 Å². The maximum absolute atomic E-state index is 5.40. The zero-order valence-electron chi connectivity index (χ0n) is 13.9. The number of rotatable bonds is 6. The molecule has 0 saturated heterocycles. The molecule has 1 aromatic carbocycles. The van der Waals surface area contributed by atoms with Gasteiger partial charge in [-0.3, -0.25) is 4.99 Å². The number of aliphatic imine (C=N–C) groups is 1. The molecule has 0 bridgehead atoms. The van der Waals surface area contributed by atoms with E-state index in [2.05, 4.69) is 47.0 Å². The zero-order valence-corrected chi connectivity index (χ0v) is 14.7. The molecule has 21 heavy (non-hydrogen) atoms. The van der Waals surface area contributed by atoms with Gasteiger partial charge in [-0.1, -0.05) is 12.1 Å².